The smallest absolute Gasteiger partial charge is 0.260 e. The van der Waals surface area contributed by atoms with Gasteiger partial charge in [0.25, 0.3) is 5.91 Å². The Hall–Kier alpha value is -3.29. The fourth-order valence-electron chi connectivity index (χ4n) is 4.21. The molecular weight excluding hydrogens is 418 g/mol. The molecule has 3 aromatic rings. The summed E-state index contributed by atoms with van der Waals surface area (Å²) in [5.41, 5.74) is 3.48. The van der Waals surface area contributed by atoms with Crippen LogP contribution < -0.4 is 4.74 Å². The van der Waals surface area contributed by atoms with E-state index in [1.165, 1.54) is 5.56 Å². The minimum absolute atomic E-state index is 0.152. The molecule has 2 aliphatic heterocycles. The standard InChI is InChI=1S/C26H27N3O4/c1-18-8-9-21(16-19(18)2)33-24-22(17-27-23(28-24)20-6-4-3-5-7-20)25(30)29-12-10-26(11-13-29)31-14-15-32-26/h3-9,16-17H,10-15H2,1-2H3. The Morgan fingerprint density at radius 1 is 1.00 bits per heavy atom. The van der Waals surface area contributed by atoms with Crippen LogP contribution in [0.5, 0.6) is 11.6 Å². The number of hydrogen-bond acceptors (Lipinski definition) is 6. The summed E-state index contributed by atoms with van der Waals surface area (Å²) in [5.74, 6) is 0.710. The highest BCUT2D eigenvalue weighted by molar-refractivity contribution is 5.96. The first kappa shape index (κ1) is 21.6. The lowest BCUT2D eigenvalue weighted by atomic mass is 10.0. The molecule has 7 nitrogen and oxygen atoms in total. The van der Waals surface area contributed by atoms with Gasteiger partial charge in [0.15, 0.2) is 11.6 Å². The van der Waals surface area contributed by atoms with Crippen LogP contribution in [-0.2, 0) is 9.47 Å². The highest BCUT2D eigenvalue weighted by Gasteiger charge is 2.41. The second kappa shape index (κ2) is 8.92. The number of likely N-dealkylation sites (tertiary alicyclic amines) is 1. The van der Waals surface area contributed by atoms with Gasteiger partial charge in [0.2, 0.25) is 5.88 Å². The first-order chi connectivity index (χ1) is 16.0. The van der Waals surface area contributed by atoms with Gasteiger partial charge in [-0.05, 0) is 37.1 Å². The fraction of sp³-hybridized carbons (Fsp3) is 0.346. The summed E-state index contributed by atoms with van der Waals surface area (Å²) in [6, 6.07) is 15.5. The van der Waals surface area contributed by atoms with Crippen LogP contribution in [0.15, 0.2) is 54.7 Å². The molecule has 0 saturated carbocycles. The van der Waals surface area contributed by atoms with Crippen LogP contribution >= 0.6 is 0 Å². The monoisotopic (exact) mass is 445 g/mol. The summed E-state index contributed by atoms with van der Waals surface area (Å²) in [6.07, 6.45) is 2.87. The predicted molar refractivity (Wildman–Crippen MR) is 123 cm³/mol. The van der Waals surface area contributed by atoms with Gasteiger partial charge in [0.1, 0.15) is 11.3 Å². The molecule has 170 valence electrons. The van der Waals surface area contributed by atoms with Crippen molar-refractivity contribution in [3.63, 3.8) is 0 Å². The molecule has 33 heavy (non-hydrogen) atoms. The summed E-state index contributed by atoms with van der Waals surface area (Å²) >= 11 is 0. The van der Waals surface area contributed by atoms with E-state index in [1.807, 2.05) is 62.4 Å². The number of piperidine rings is 1. The molecule has 2 saturated heterocycles. The molecule has 3 heterocycles. The number of carbonyl (C=O) groups excluding carboxylic acids is 1. The Morgan fingerprint density at radius 3 is 2.42 bits per heavy atom. The normalized spacial score (nSPS) is 17.3. The number of ether oxygens (including phenoxy) is 3. The second-order valence-electron chi connectivity index (χ2n) is 8.53. The molecule has 0 N–H and O–H groups in total. The summed E-state index contributed by atoms with van der Waals surface area (Å²) in [4.78, 5) is 24.4. The zero-order chi connectivity index (χ0) is 22.8. The van der Waals surface area contributed by atoms with Crippen molar-refractivity contribution in [3.05, 3.63) is 71.4 Å². The number of carbonyl (C=O) groups is 1. The van der Waals surface area contributed by atoms with Crippen LogP contribution in [-0.4, -0.2) is 52.9 Å². The third-order valence-electron chi connectivity index (χ3n) is 6.34. The van der Waals surface area contributed by atoms with E-state index in [0.717, 1.165) is 11.1 Å². The Labute approximate surface area is 193 Å². The molecule has 1 aromatic heterocycles. The van der Waals surface area contributed by atoms with E-state index < -0.39 is 5.79 Å². The second-order valence-corrected chi connectivity index (χ2v) is 8.53. The van der Waals surface area contributed by atoms with Gasteiger partial charge in [0, 0.05) is 37.7 Å². The van der Waals surface area contributed by atoms with E-state index in [0.29, 0.717) is 56.3 Å². The van der Waals surface area contributed by atoms with Crippen molar-refractivity contribution in [2.24, 2.45) is 0 Å². The van der Waals surface area contributed by atoms with Crippen molar-refractivity contribution in [2.75, 3.05) is 26.3 Å². The number of aryl methyl sites for hydroxylation is 2. The van der Waals surface area contributed by atoms with E-state index >= 15 is 0 Å². The zero-order valence-corrected chi connectivity index (χ0v) is 18.9. The van der Waals surface area contributed by atoms with Crippen LogP contribution in [0.1, 0.15) is 34.3 Å². The van der Waals surface area contributed by atoms with Gasteiger partial charge in [-0.2, -0.15) is 4.98 Å². The lowest BCUT2D eigenvalue weighted by molar-refractivity contribution is -0.181. The van der Waals surface area contributed by atoms with Crippen molar-refractivity contribution >= 4 is 5.91 Å². The van der Waals surface area contributed by atoms with Gasteiger partial charge in [0.05, 0.1) is 13.2 Å². The Kier molecular flexibility index (Phi) is 5.83. The summed E-state index contributed by atoms with van der Waals surface area (Å²) < 4.78 is 17.8. The Morgan fingerprint density at radius 2 is 1.73 bits per heavy atom. The highest BCUT2D eigenvalue weighted by Crippen LogP contribution is 2.33. The van der Waals surface area contributed by atoms with Crippen LogP contribution in [0, 0.1) is 13.8 Å². The average Bonchev–Trinajstić information content (AvgIpc) is 3.30. The largest absolute Gasteiger partial charge is 0.438 e. The Bertz CT molecular complexity index is 1150. The van der Waals surface area contributed by atoms with E-state index in [-0.39, 0.29) is 11.8 Å². The average molecular weight is 446 g/mol. The molecular formula is C26H27N3O4. The molecule has 0 bridgehead atoms. The van der Waals surface area contributed by atoms with Crippen molar-refractivity contribution < 1.29 is 19.0 Å². The molecule has 7 heteroatoms. The van der Waals surface area contributed by atoms with Crippen molar-refractivity contribution in [1.29, 1.82) is 0 Å². The summed E-state index contributed by atoms with van der Waals surface area (Å²) in [7, 11) is 0. The molecule has 1 spiro atoms. The Balaban J connectivity index is 1.45. The number of amides is 1. The number of rotatable bonds is 4. The van der Waals surface area contributed by atoms with Crippen LogP contribution in [0.4, 0.5) is 0 Å². The minimum atomic E-state index is -0.538. The first-order valence-electron chi connectivity index (χ1n) is 11.3. The third-order valence-corrected chi connectivity index (χ3v) is 6.34. The number of hydrogen-bond donors (Lipinski definition) is 0. The highest BCUT2D eigenvalue weighted by atomic mass is 16.7. The van der Waals surface area contributed by atoms with Crippen LogP contribution in [0.25, 0.3) is 11.4 Å². The number of aromatic nitrogens is 2. The van der Waals surface area contributed by atoms with E-state index in [9.17, 15) is 4.79 Å². The predicted octanol–water partition coefficient (Wildman–Crippen LogP) is 4.53. The van der Waals surface area contributed by atoms with E-state index in [2.05, 4.69) is 9.97 Å². The van der Waals surface area contributed by atoms with Gasteiger partial charge in [-0.3, -0.25) is 4.79 Å². The van der Waals surface area contributed by atoms with E-state index in [1.54, 1.807) is 11.1 Å². The quantitative estimate of drug-likeness (QED) is 0.587. The number of benzene rings is 2. The minimum Gasteiger partial charge on any atom is -0.438 e. The molecule has 2 aromatic carbocycles. The maximum absolute atomic E-state index is 13.5. The molecule has 0 unspecified atom stereocenters. The van der Waals surface area contributed by atoms with Crippen molar-refractivity contribution in [3.8, 4) is 23.0 Å². The fourth-order valence-corrected chi connectivity index (χ4v) is 4.21. The van der Waals surface area contributed by atoms with Gasteiger partial charge < -0.3 is 19.1 Å². The molecule has 1 amide bonds. The van der Waals surface area contributed by atoms with Crippen molar-refractivity contribution in [2.45, 2.75) is 32.5 Å². The zero-order valence-electron chi connectivity index (χ0n) is 18.9. The molecule has 5 rings (SSSR count). The molecule has 2 aliphatic rings. The SMILES string of the molecule is Cc1ccc(Oc2nc(-c3ccccc3)ncc2C(=O)N2CCC3(CC2)OCCO3)cc1C. The van der Waals surface area contributed by atoms with E-state index in [4.69, 9.17) is 14.2 Å². The molecule has 0 aliphatic carbocycles. The third kappa shape index (κ3) is 4.47. The first-order valence-corrected chi connectivity index (χ1v) is 11.3. The lowest BCUT2D eigenvalue weighted by Crippen LogP contribution is -2.47. The topological polar surface area (TPSA) is 73.8 Å². The lowest BCUT2D eigenvalue weighted by Gasteiger charge is -2.37. The molecule has 0 radical (unpaired) electrons. The molecule has 2 fully saturated rings. The van der Waals surface area contributed by atoms with Gasteiger partial charge >= 0.3 is 0 Å². The maximum atomic E-state index is 13.5. The summed E-state index contributed by atoms with van der Waals surface area (Å²) in [6.45, 7) is 6.38. The van der Waals surface area contributed by atoms with Gasteiger partial charge in [-0.15, -0.1) is 0 Å². The number of nitrogens with zero attached hydrogens (tertiary/aromatic N) is 3. The molecule has 0 atom stereocenters. The van der Waals surface area contributed by atoms with Crippen molar-refractivity contribution in [1.82, 2.24) is 14.9 Å². The van der Waals surface area contributed by atoms with Crippen LogP contribution in [0.2, 0.25) is 0 Å². The maximum Gasteiger partial charge on any atom is 0.260 e. The van der Waals surface area contributed by atoms with Gasteiger partial charge in [-0.25, -0.2) is 4.98 Å². The van der Waals surface area contributed by atoms with Crippen LogP contribution in [0.3, 0.4) is 0 Å². The van der Waals surface area contributed by atoms with Gasteiger partial charge in [-0.1, -0.05) is 36.4 Å². The summed E-state index contributed by atoms with van der Waals surface area (Å²) in [5, 5.41) is 0.